The summed E-state index contributed by atoms with van der Waals surface area (Å²) >= 11 is 0.979. The lowest BCUT2D eigenvalue weighted by Gasteiger charge is -2.39. The maximum Gasteiger partial charge on any atom is 0.324 e. The molecule has 0 unspecified atom stereocenters. The van der Waals surface area contributed by atoms with Crippen LogP contribution in [0, 0.1) is 21.4 Å². The zero-order valence-corrected chi connectivity index (χ0v) is 15.6. The number of nitrogens with two attached hydrogens (primary N) is 1. The number of para-hydroxylation sites is 1. The Morgan fingerprint density at radius 1 is 1.21 bits per heavy atom. The molecule has 0 radical (unpaired) electrons. The van der Waals surface area contributed by atoms with Crippen molar-refractivity contribution in [2.45, 2.75) is 25.2 Å². The normalized spacial score (nSPS) is 19.5. The Hall–Kier alpha value is -3.44. The molecule has 2 heterocycles. The molecule has 0 fully saturated rings. The van der Waals surface area contributed by atoms with Gasteiger partial charge in [0.25, 0.3) is 0 Å². The predicted octanol–water partition coefficient (Wildman–Crippen LogP) is 3.96. The Balaban J connectivity index is 1.95. The molecule has 1 aliphatic carbocycles. The summed E-state index contributed by atoms with van der Waals surface area (Å²) in [6.07, 6.45) is 1.75. The Morgan fingerprint density at radius 2 is 1.96 bits per heavy atom. The number of hydrogen-bond donors (Lipinski definition) is 1. The van der Waals surface area contributed by atoms with Crippen LogP contribution in [0.15, 0.2) is 65.1 Å². The minimum Gasteiger partial charge on any atom is -0.384 e. The predicted molar refractivity (Wildman–Crippen MR) is 105 cm³/mol. The first-order chi connectivity index (χ1) is 13.5. The van der Waals surface area contributed by atoms with E-state index in [0.717, 1.165) is 22.7 Å². The zero-order valence-electron chi connectivity index (χ0n) is 14.8. The van der Waals surface area contributed by atoms with Gasteiger partial charge in [0.2, 0.25) is 0 Å². The van der Waals surface area contributed by atoms with E-state index in [1.54, 1.807) is 11.0 Å². The highest BCUT2D eigenvalue weighted by atomic mass is 32.1. The van der Waals surface area contributed by atoms with Gasteiger partial charge in [-0.25, -0.2) is 0 Å². The quantitative estimate of drug-likeness (QED) is 0.625. The molecule has 2 aliphatic rings. The van der Waals surface area contributed by atoms with E-state index in [2.05, 4.69) is 6.07 Å². The highest BCUT2D eigenvalue weighted by Crippen LogP contribution is 2.48. The Kier molecular flexibility index (Phi) is 4.45. The zero-order chi connectivity index (χ0) is 19.8. The van der Waals surface area contributed by atoms with Crippen LogP contribution in [0.1, 0.15) is 30.1 Å². The van der Waals surface area contributed by atoms with Crippen LogP contribution in [0.25, 0.3) is 0 Å². The minimum absolute atomic E-state index is 0.0261. The number of nitro groups is 1. The summed E-state index contributed by atoms with van der Waals surface area (Å²) in [6, 6.07) is 14.6. The molecule has 0 spiro atoms. The van der Waals surface area contributed by atoms with Crippen molar-refractivity contribution in [3.05, 3.63) is 80.1 Å². The number of nitriles is 1. The maximum absolute atomic E-state index is 12.9. The van der Waals surface area contributed by atoms with Gasteiger partial charge < -0.3 is 5.73 Å². The van der Waals surface area contributed by atoms with Crippen molar-refractivity contribution in [2.75, 3.05) is 4.90 Å². The van der Waals surface area contributed by atoms with Gasteiger partial charge in [-0.1, -0.05) is 29.5 Å². The third-order valence-corrected chi connectivity index (χ3v) is 6.11. The van der Waals surface area contributed by atoms with E-state index in [1.807, 2.05) is 30.3 Å². The van der Waals surface area contributed by atoms with Crippen LogP contribution < -0.4 is 10.6 Å². The average Bonchev–Trinajstić information content (AvgIpc) is 3.18. The first-order valence-electron chi connectivity index (χ1n) is 8.78. The fourth-order valence-corrected chi connectivity index (χ4v) is 4.78. The number of nitrogens with zero attached hydrogens (tertiary/aromatic N) is 3. The van der Waals surface area contributed by atoms with Crippen LogP contribution in [-0.2, 0) is 4.79 Å². The lowest BCUT2D eigenvalue weighted by atomic mass is 9.78. The highest BCUT2D eigenvalue weighted by Gasteiger charge is 2.41. The van der Waals surface area contributed by atoms with Crippen molar-refractivity contribution in [1.29, 1.82) is 5.26 Å². The van der Waals surface area contributed by atoms with Gasteiger partial charge in [0.05, 0.1) is 22.5 Å². The molecule has 1 atom stereocenters. The fraction of sp³-hybridized carbons (Fsp3) is 0.200. The second kappa shape index (κ2) is 6.94. The fourth-order valence-electron chi connectivity index (χ4n) is 3.84. The molecule has 28 heavy (non-hydrogen) atoms. The molecule has 0 saturated carbocycles. The molecular weight excluding hydrogens is 376 g/mol. The monoisotopic (exact) mass is 392 g/mol. The number of carbonyl (C=O) groups excluding carboxylic acids is 1. The van der Waals surface area contributed by atoms with E-state index in [9.17, 15) is 20.2 Å². The number of carbonyl (C=O) groups is 1. The molecule has 140 valence electrons. The highest BCUT2D eigenvalue weighted by molar-refractivity contribution is 7.15. The van der Waals surface area contributed by atoms with E-state index in [1.165, 1.54) is 6.07 Å². The standard InChI is InChI=1S/C20H16N4O3S/c21-11-13-18(16-9-10-17(28-16)24(26)27)19-14(7-4-8-15(19)25)23(20(13)22)12-5-2-1-3-6-12/h1-3,5-6,9-10,18H,4,7-8,22H2/t18-/m1/s1. The van der Waals surface area contributed by atoms with Crippen LogP contribution in [0.2, 0.25) is 0 Å². The summed E-state index contributed by atoms with van der Waals surface area (Å²) in [5.74, 6) is -0.432. The second-order valence-corrected chi connectivity index (χ2v) is 7.68. The number of rotatable bonds is 3. The number of thiophene rings is 1. The summed E-state index contributed by atoms with van der Waals surface area (Å²) in [7, 11) is 0. The van der Waals surface area contributed by atoms with Crippen LogP contribution >= 0.6 is 11.3 Å². The van der Waals surface area contributed by atoms with Crippen LogP contribution in [0.4, 0.5) is 10.7 Å². The van der Waals surface area contributed by atoms with Crippen molar-refractivity contribution >= 4 is 27.8 Å². The summed E-state index contributed by atoms with van der Waals surface area (Å²) in [5, 5.41) is 21.0. The number of benzene rings is 1. The lowest BCUT2D eigenvalue weighted by molar-refractivity contribution is -0.380. The first kappa shape index (κ1) is 17.9. The number of hydrogen-bond acceptors (Lipinski definition) is 7. The van der Waals surface area contributed by atoms with Gasteiger partial charge in [-0.2, -0.15) is 5.26 Å². The van der Waals surface area contributed by atoms with Crippen molar-refractivity contribution in [3.63, 3.8) is 0 Å². The van der Waals surface area contributed by atoms with Gasteiger partial charge in [0, 0.05) is 34.3 Å². The summed E-state index contributed by atoms with van der Waals surface area (Å²) in [6.45, 7) is 0. The summed E-state index contributed by atoms with van der Waals surface area (Å²) < 4.78 is 0. The maximum atomic E-state index is 12.9. The molecule has 1 aromatic carbocycles. The molecule has 2 N–H and O–H groups in total. The van der Waals surface area contributed by atoms with Gasteiger partial charge in [-0.15, -0.1) is 0 Å². The van der Waals surface area contributed by atoms with Gasteiger partial charge in [0.15, 0.2) is 5.78 Å². The van der Waals surface area contributed by atoms with Crippen LogP contribution in [0.5, 0.6) is 0 Å². The molecular formula is C20H16N4O3S. The van der Waals surface area contributed by atoms with Crippen molar-refractivity contribution in [2.24, 2.45) is 5.73 Å². The van der Waals surface area contributed by atoms with Crippen LogP contribution in [0.3, 0.4) is 0 Å². The van der Waals surface area contributed by atoms with E-state index >= 15 is 0 Å². The topological polar surface area (TPSA) is 113 Å². The Morgan fingerprint density at radius 3 is 2.61 bits per heavy atom. The van der Waals surface area contributed by atoms with Gasteiger partial charge in [-0.05, 0) is 31.0 Å². The van der Waals surface area contributed by atoms with E-state index in [4.69, 9.17) is 5.73 Å². The molecule has 2 aromatic rings. The molecule has 1 aromatic heterocycles. The Bertz CT molecular complexity index is 1080. The van der Waals surface area contributed by atoms with E-state index in [0.29, 0.717) is 29.7 Å². The third kappa shape index (κ3) is 2.77. The Labute approximate surface area is 165 Å². The van der Waals surface area contributed by atoms with Crippen molar-refractivity contribution < 1.29 is 9.72 Å². The number of anilines is 1. The van der Waals surface area contributed by atoms with Crippen LogP contribution in [-0.4, -0.2) is 10.7 Å². The molecule has 8 heteroatoms. The van der Waals surface area contributed by atoms with E-state index < -0.39 is 10.8 Å². The lowest BCUT2D eigenvalue weighted by Crippen LogP contribution is -2.38. The second-order valence-electron chi connectivity index (χ2n) is 6.58. The van der Waals surface area contributed by atoms with Gasteiger partial charge in [0.1, 0.15) is 5.82 Å². The third-order valence-electron chi connectivity index (χ3n) is 5.00. The molecule has 1 aliphatic heterocycles. The number of Topliss-reactive ketones (excluding diaryl/α,β-unsaturated/α-hetero) is 1. The molecule has 4 rings (SSSR count). The van der Waals surface area contributed by atoms with Gasteiger partial charge >= 0.3 is 5.00 Å². The number of ketones is 1. The summed E-state index contributed by atoms with van der Waals surface area (Å²) in [4.78, 5) is 25.9. The SMILES string of the molecule is N#CC1=C(N)N(c2ccccc2)C2=C(C(=O)CCC2)[C@H]1c1ccc([N+](=O)[O-])s1. The molecule has 7 nitrogen and oxygen atoms in total. The van der Waals surface area contributed by atoms with E-state index in [-0.39, 0.29) is 22.2 Å². The average molecular weight is 392 g/mol. The molecule has 0 saturated heterocycles. The first-order valence-corrected chi connectivity index (χ1v) is 9.60. The minimum atomic E-state index is -0.661. The summed E-state index contributed by atoms with van der Waals surface area (Å²) in [5.41, 5.74) is 8.75. The van der Waals surface area contributed by atoms with Gasteiger partial charge in [-0.3, -0.25) is 19.8 Å². The largest absolute Gasteiger partial charge is 0.384 e. The number of allylic oxidation sites excluding steroid dienone is 3. The smallest absolute Gasteiger partial charge is 0.324 e. The molecule has 0 bridgehead atoms. The van der Waals surface area contributed by atoms with Crippen molar-refractivity contribution in [3.8, 4) is 6.07 Å². The van der Waals surface area contributed by atoms with Crippen molar-refractivity contribution in [1.82, 2.24) is 0 Å². The molecule has 0 amide bonds.